The van der Waals surface area contributed by atoms with Crippen molar-refractivity contribution in [3.63, 3.8) is 0 Å². The maximum Gasteiger partial charge on any atom is 0.303 e. The Kier molecular flexibility index (Phi) is 10.7. The quantitative estimate of drug-likeness (QED) is 0.605. The summed E-state index contributed by atoms with van der Waals surface area (Å²) in [5.41, 5.74) is 0.917. The van der Waals surface area contributed by atoms with Crippen molar-refractivity contribution in [2.75, 3.05) is 0 Å². The molecule has 3 rings (SSSR count). The number of aryl methyl sites for hydroxylation is 1. The Morgan fingerprint density at radius 2 is 1.50 bits per heavy atom. The molecule has 28 heavy (non-hydrogen) atoms. The van der Waals surface area contributed by atoms with Crippen LogP contribution in [-0.4, -0.2) is 28.3 Å². The van der Waals surface area contributed by atoms with E-state index < -0.39 is 5.97 Å². The van der Waals surface area contributed by atoms with Crippen molar-refractivity contribution in [3.8, 4) is 0 Å². The minimum absolute atomic E-state index is 0.0118. The summed E-state index contributed by atoms with van der Waals surface area (Å²) in [4.78, 5) is 22.2. The minimum Gasteiger partial charge on any atom is -0.481 e. The average Bonchev–Trinajstić information content (AvgIpc) is 2.69. The van der Waals surface area contributed by atoms with Crippen molar-refractivity contribution in [1.82, 2.24) is 5.32 Å². The van der Waals surface area contributed by atoms with Crippen molar-refractivity contribution in [2.45, 2.75) is 101 Å². The van der Waals surface area contributed by atoms with Crippen molar-refractivity contribution < 1.29 is 14.7 Å². The molecule has 2 aliphatic rings. The van der Waals surface area contributed by atoms with Crippen molar-refractivity contribution in [1.29, 1.82) is 0 Å². The number of thioether (sulfide) groups is 1. The van der Waals surface area contributed by atoms with Crippen LogP contribution in [0.25, 0.3) is 0 Å². The fourth-order valence-electron chi connectivity index (χ4n) is 4.08. The van der Waals surface area contributed by atoms with Crippen molar-refractivity contribution in [3.05, 3.63) is 29.8 Å². The first kappa shape index (κ1) is 23.0. The molecule has 0 heterocycles. The Balaban J connectivity index is 0.000000202. The van der Waals surface area contributed by atoms with Gasteiger partial charge in [0.05, 0.1) is 0 Å². The van der Waals surface area contributed by atoms with Crippen molar-refractivity contribution in [2.24, 2.45) is 0 Å². The fraction of sp³-hybridized carbons (Fsp3) is 0.652. The molecule has 156 valence electrons. The second-order valence-corrected chi connectivity index (χ2v) is 9.15. The van der Waals surface area contributed by atoms with Gasteiger partial charge in [-0.2, -0.15) is 0 Å². The van der Waals surface area contributed by atoms with Gasteiger partial charge >= 0.3 is 5.97 Å². The second-order valence-electron chi connectivity index (χ2n) is 7.93. The van der Waals surface area contributed by atoms with Crippen LogP contribution in [0.1, 0.15) is 83.1 Å². The van der Waals surface area contributed by atoms with E-state index in [2.05, 4.69) is 5.32 Å². The molecule has 0 bridgehead atoms. The van der Waals surface area contributed by atoms with Crippen LogP contribution >= 0.6 is 11.8 Å². The maximum absolute atomic E-state index is 11.0. The molecule has 5 heteroatoms. The molecule has 2 N–H and O–H groups in total. The first-order valence-corrected chi connectivity index (χ1v) is 11.6. The van der Waals surface area contributed by atoms with Gasteiger partial charge in [-0.3, -0.25) is 9.59 Å². The van der Waals surface area contributed by atoms with Gasteiger partial charge in [-0.25, -0.2) is 0 Å². The van der Waals surface area contributed by atoms with Gasteiger partial charge in [-0.15, -0.1) is 0 Å². The first-order chi connectivity index (χ1) is 13.5. The largest absolute Gasteiger partial charge is 0.481 e. The lowest BCUT2D eigenvalue weighted by Gasteiger charge is -2.30. The predicted molar refractivity (Wildman–Crippen MR) is 116 cm³/mol. The molecule has 0 radical (unpaired) electrons. The van der Waals surface area contributed by atoms with Gasteiger partial charge in [0.1, 0.15) is 0 Å². The topological polar surface area (TPSA) is 66.4 Å². The Labute approximate surface area is 173 Å². The molecule has 0 unspecified atom stereocenters. The standard InChI is InChI=1S/C12H23N.C11H12O3S/c1-3-7-11(8-4-1)13-12-9-5-2-6-10-12;1-8(12)15-10-5-3-2-4-9(10)6-7-11(13)14/h11-13H,1-10H2;2-5H,6-7H2,1H3,(H,13,14). The van der Waals surface area contributed by atoms with E-state index in [0.29, 0.717) is 6.42 Å². The zero-order valence-corrected chi connectivity index (χ0v) is 17.9. The Morgan fingerprint density at radius 1 is 0.964 bits per heavy atom. The van der Waals surface area contributed by atoms with E-state index in [9.17, 15) is 9.59 Å². The molecule has 1 aromatic rings. The lowest BCUT2D eigenvalue weighted by atomic mass is 9.91. The number of aliphatic carboxylic acids is 1. The van der Waals surface area contributed by atoms with Crippen LogP contribution in [0.4, 0.5) is 0 Å². The normalized spacial score (nSPS) is 18.2. The zero-order valence-electron chi connectivity index (χ0n) is 17.1. The van der Waals surface area contributed by atoms with Crippen LogP contribution < -0.4 is 5.32 Å². The summed E-state index contributed by atoms with van der Waals surface area (Å²) in [5.74, 6) is -0.822. The van der Waals surface area contributed by atoms with E-state index >= 15 is 0 Å². The molecule has 0 aliphatic heterocycles. The molecule has 2 saturated carbocycles. The van der Waals surface area contributed by atoms with Crippen molar-refractivity contribution >= 4 is 22.8 Å². The molecule has 2 aliphatic carbocycles. The molecule has 2 fully saturated rings. The van der Waals surface area contributed by atoms with Gasteiger partial charge in [0.2, 0.25) is 0 Å². The van der Waals surface area contributed by atoms with Gasteiger partial charge in [0.15, 0.2) is 5.12 Å². The number of rotatable bonds is 6. The van der Waals surface area contributed by atoms with E-state index in [-0.39, 0.29) is 11.5 Å². The number of carbonyl (C=O) groups excluding carboxylic acids is 1. The second kappa shape index (κ2) is 13.0. The van der Waals surface area contributed by atoms with E-state index in [1.807, 2.05) is 24.3 Å². The predicted octanol–water partition coefficient (Wildman–Crippen LogP) is 5.58. The lowest BCUT2D eigenvalue weighted by Crippen LogP contribution is -2.40. The summed E-state index contributed by atoms with van der Waals surface area (Å²) in [6.07, 6.45) is 15.1. The third-order valence-corrected chi connectivity index (χ3v) is 6.42. The summed E-state index contributed by atoms with van der Waals surface area (Å²) in [6, 6.07) is 9.13. The summed E-state index contributed by atoms with van der Waals surface area (Å²) in [7, 11) is 0. The third kappa shape index (κ3) is 9.24. The highest BCUT2D eigenvalue weighted by Gasteiger charge is 2.19. The van der Waals surface area contributed by atoms with E-state index in [1.54, 1.807) is 0 Å². The highest BCUT2D eigenvalue weighted by molar-refractivity contribution is 8.13. The Bertz CT molecular complexity index is 592. The number of hydrogen-bond acceptors (Lipinski definition) is 4. The SMILES string of the molecule is C1CCC(NC2CCCCC2)CC1.CC(=O)Sc1ccccc1CCC(=O)O. The van der Waals surface area contributed by atoms with Crippen LogP contribution in [0.15, 0.2) is 29.2 Å². The number of benzene rings is 1. The molecular weight excluding hydrogens is 370 g/mol. The molecule has 4 nitrogen and oxygen atoms in total. The molecule has 0 atom stereocenters. The molecule has 0 amide bonds. The average molecular weight is 406 g/mol. The lowest BCUT2D eigenvalue weighted by molar-refractivity contribution is -0.137. The summed E-state index contributed by atoms with van der Waals surface area (Å²) in [6.45, 7) is 1.50. The Hall–Kier alpha value is -1.33. The number of nitrogens with one attached hydrogen (secondary N) is 1. The first-order valence-electron chi connectivity index (χ1n) is 10.8. The van der Waals surface area contributed by atoms with Crippen LogP contribution in [0, 0.1) is 0 Å². The van der Waals surface area contributed by atoms with Crippen LogP contribution in [0.3, 0.4) is 0 Å². The summed E-state index contributed by atoms with van der Waals surface area (Å²) < 4.78 is 0. The number of carbonyl (C=O) groups is 2. The molecule has 1 aromatic carbocycles. The minimum atomic E-state index is -0.822. The molecule has 0 aromatic heterocycles. The van der Waals surface area contributed by atoms with Crippen LogP contribution in [0.2, 0.25) is 0 Å². The molecular formula is C23H35NO3S. The third-order valence-electron chi connectivity index (χ3n) is 5.52. The van der Waals surface area contributed by atoms with Gasteiger partial charge in [-0.1, -0.05) is 68.5 Å². The summed E-state index contributed by atoms with van der Waals surface area (Å²) in [5, 5.41) is 12.4. The number of carboxylic acids is 1. The number of carboxylic acid groups (broad SMARTS) is 1. The fourth-order valence-corrected chi connectivity index (χ4v) is 4.84. The van der Waals surface area contributed by atoms with Gasteiger partial charge in [0.25, 0.3) is 0 Å². The monoisotopic (exact) mass is 405 g/mol. The van der Waals surface area contributed by atoms with E-state index in [1.165, 1.54) is 71.1 Å². The van der Waals surface area contributed by atoms with Gasteiger partial charge in [0, 0.05) is 30.3 Å². The van der Waals surface area contributed by atoms with Gasteiger partial charge in [-0.05, 0) is 43.7 Å². The maximum atomic E-state index is 11.0. The molecule has 0 saturated heterocycles. The van der Waals surface area contributed by atoms with Crippen LogP contribution in [-0.2, 0) is 16.0 Å². The highest BCUT2D eigenvalue weighted by atomic mass is 32.2. The van der Waals surface area contributed by atoms with E-state index in [0.717, 1.165) is 34.3 Å². The highest BCUT2D eigenvalue weighted by Crippen LogP contribution is 2.24. The number of hydrogen-bond donors (Lipinski definition) is 2. The smallest absolute Gasteiger partial charge is 0.303 e. The summed E-state index contributed by atoms with van der Waals surface area (Å²) >= 11 is 1.14. The molecule has 0 spiro atoms. The van der Waals surface area contributed by atoms with Crippen LogP contribution in [0.5, 0.6) is 0 Å². The Morgan fingerprint density at radius 3 is 2.00 bits per heavy atom. The zero-order chi connectivity index (χ0) is 20.2. The van der Waals surface area contributed by atoms with Gasteiger partial charge < -0.3 is 10.4 Å². The van der Waals surface area contributed by atoms with E-state index in [4.69, 9.17) is 5.11 Å².